The maximum absolute atomic E-state index is 12.3. The minimum atomic E-state index is -0.876. The van der Waals surface area contributed by atoms with Gasteiger partial charge in [0.05, 0.1) is 4.92 Å². The third-order valence-electron chi connectivity index (χ3n) is 4.00. The Morgan fingerprint density at radius 2 is 1.77 bits per heavy atom. The van der Waals surface area contributed by atoms with Crippen LogP contribution in [-0.2, 0) is 4.79 Å². The van der Waals surface area contributed by atoms with E-state index in [1.54, 1.807) is 19.1 Å². The normalized spacial score (nSPS) is 11.5. The van der Waals surface area contributed by atoms with E-state index in [9.17, 15) is 14.9 Å². The number of benzene rings is 2. The van der Waals surface area contributed by atoms with Crippen molar-refractivity contribution in [2.24, 2.45) is 0 Å². The van der Waals surface area contributed by atoms with Crippen LogP contribution in [0.15, 0.2) is 48.5 Å². The molecule has 0 saturated heterocycles. The summed E-state index contributed by atoms with van der Waals surface area (Å²) in [6.45, 7) is 7.53. The molecular weight excluding hydrogens is 334 g/mol. The standard InChI is InChI=1S/C19H23N3O4/c1-4-21(5-2)16-12-10-15(11-13-16)20-19(23)14(3)26-18-9-7-6-8-17(18)22(24)25/h6-14H,4-5H2,1-3H3,(H,20,23)/t14-/m1/s1. The minimum Gasteiger partial charge on any atom is -0.474 e. The van der Waals surface area contributed by atoms with Crippen LogP contribution in [-0.4, -0.2) is 30.0 Å². The van der Waals surface area contributed by atoms with Crippen LogP contribution in [0.1, 0.15) is 20.8 Å². The van der Waals surface area contributed by atoms with Crippen LogP contribution >= 0.6 is 0 Å². The number of carbonyl (C=O) groups excluding carboxylic acids is 1. The maximum atomic E-state index is 12.3. The lowest BCUT2D eigenvalue weighted by molar-refractivity contribution is -0.386. The Morgan fingerprint density at radius 1 is 1.15 bits per heavy atom. The highest BCUT2D eigenvalue weighted by Crippen LogP contribution is 2.27. The Bertz CT molecular complexity index is 758. The van der Waals surface area contributed by atoms with Gasteiger partial charge >= 0.3 is 5.69 Å². The van der Waals surface area contributed by atoms with Crippen molar-refractivity contribution in [2.75, 3.05) is 23.3 Å². The van der Waals surface area contributed by atoms with E-state index in [-0.39, 0.29) is 17.3 Å². The molecule has 0 aromatic heterocycles. The van der Waals surface area contributed by atoms with Crippen molar-refractivity contribution in [3.05, 3.63) is 58.6 Å². The average Bonchev–Trinajstić information content (AvgIpc) is 2.64. The molecule has 7 nitrogen and oxygen atoms in total. The molecule has 0 bridgehead atoms. The quantitative estimate of drug-likeness (QED) is 0.573. The monoisotopic (exact) mass is 357 g/mol. The molecule has 2 rings (SSSR count). The van der Waals surface area contributed by atoms with Crippen molar-refractivity contribution in [1.29, 1.82) is 0 Å². The van der Waals surface area contributed by atoms with Gasteiger partial charge in [-0.15, -0.1) is 0 Å². The Balaban J connectivity index is 2.02. The highest BCUT2D eigenvalue weighted by atomic mass is 16.6. The van der Waals surface area contributed by atoms with Gasteiger partial charge in [0, 0.05) is 30.5 Å². The molecule has 0 aliphatic carbocycles. The molecule has 0 aliphatic rings. The van der Waals surface area contributed by atoms with Crippen LogP contribution in [0.2, 0.25) is 0 Å². The first-order valence-electron chi connectivity index (χ1n) is 8.52. The highest BCUT2D eigenvalue weighted by Gasteiger charge is 2.20. The number of nitrogens with one attached hydrogen (secondary N) is 1. The SMILES string of the molecule is CCN(CC)c1ccc(NC(=O)[C@@H](C)Oc2ccccc2[N+](=O)[O-])cc1. The zero-order valence-electron chi connectivity index (χ0n) is 15.1. The molecule has 0 saturated carbocycles. The largest absolute Gasteiger partial charge is 0.474 e. The van der Waals surface area contributed by atoms with Crippen LogP contribution in [0.3, 0.4) is 0 Å². The van der Waals surface area contributed by atoms with Crippen molar-refractivity contribution in [1.82, 2.24) is 0 Å². The number of ether oxygens (including phenoxy) is 1. The van der Waals surface area contributed by atoms with Crippen LogP contribution < -0.4 is 15.0 Å². The van der Waals surface area contributed by atoms with E-state index in [0.717, 1.165) is 18.8 Å². The first kappa shape index (κ1) is 19.2. The Morgan fingerprint density at radius 3 is 2.35 bits per heavy atom. The predicted octanol–water partition coefficient (Wildman–Crippen LogP) is 3.85. The smallest absolute Gasteiger partial charge is 0.310 e. The predicted molar refractivity (Wildman–Crippen MR) is 102 cm³/mol. The summed E-state index contributed by atoms with van der Waals surface area (Å²) in [5.41, 5.74) is 1.55. The third-order valence-corrected chi connectivity index (χ3v) is 4.00. The van der Waals surface area contributed by atoms with E-state index in [1.807, 2.05) is 24.3 Å². The number of nitro benzene ring substituents is 1. The van der Waals surface area contributed by atoms with Crippen LogP contribution in [0.25, 0.3) is 0 Å². The number of hydrogen-bond donors (Lipinski definition) is 1. The van der Waals surface area contributed by atoms with E-state index in [2.05, 4.69) is 24.1 Å². The minimum absolute atomic E-state index is 0.0667. The molecule has 7 heteroatoms. The summed E-state index contributed by atoms with van der Waals surface area (Å²) >= 11 is 0. The molecule has 1 atom stereocenters. The van der Waals surface area contributed by atoms with Gasteiger partial charge in [-0.05, 0) is 51.1 Å². The van der Waals surface area contributed by atoms with Gasteiger partial charge in [0.25, 0.3) is 5.91 Å². The van der Waals surface area contributed by atoms with Gasteiger partial charge in [-0.1, -0.05) is 12.1 Å². The third kappa shape index (κ3) is 4.72. The molecule has 1 amide bonds. The first-order chi connectivity index (χ1) is 12.5. The molecule has 2 aromatic carbocycles. The van der Waals surface area contributed by atoms with Gasteiger partial charge in [-0.3, -0.25) is 14.9 Å². The topological polar surface area (TPSA) is 84.7 Å². The maximum Gasteiger partial charge on any atom is 0.310 e. The molecule has 2 aromatic rings. The molecule has 0 heterocycles. The Kier molecular flexibility index (Phi) is 6.54. The fourth-order valence-corrected chi connectivity index (χ4v) is 2.54. The lowest BCUT2D eigenvalue weighted by Gasteiger charge is -2.21. The van der Waals surface area contributed by atoms with Crippen molar-refractivity contribution in [3.8, 4) is 5.75 Å². The molecular formula is C19H23N3O4. The molecule has 0 spiro atoms. The van der Waals surface area contributed by atoms with E-state index in [0.29, 0.717) is 5.69 Å². The molecule has 0 fully saturated rings. The Hall–Kier alpha value is -3.09. The van der Waals surface area contributed by atoms with Gasteiger partial charge in [0.2, 0.25) is 0 Å². The zero-order valence-corrected chi connectivity index (χ0v) is 15.1. The van der Waals surface area contributed by atoms with E-state index in [4.69, 9.17) is 4.74 Å². The highest BCUT2D eigenvalue weighted by molar-refractivity contribution is 5.94. The fourth-order valence-electron chi connectivity index (χ4n) is 2.54. The van der Waals surface area contributed by atoms with Crippen molar-refractivity contribution in [3.63, 3.8) is 0 Å². The van der Waals surface area contributed by atoms with Gasteiger partial charge < -0.3 is 15.0 Å². The number of hydrogen-bond acceptors (Lipinski definition) is 5. The van der Waals surface area contributed by atoms with E-state index < -0.39 is 11.0 Å². The lowest BCUT2D eigenvalue weighted by Crippen LogP contribution is -2.30. The summed E-state index contributed by atoms with van der Waals surface area (Å²) in [5.74, 6) is -0.309. The summed E-state index contributed by atoms with van der Waals surface area (Å²) in [7, 11) is 0. The van der Waals surface area contributed by atoms with Crippen molar-refractivity contribution in [2.45, 2.75) is 26.9 Å². The van der Waals surface area contributed by atoms with Gasteiger partial charge in [0.1, 0.15) is 0 Å². The molecule has 138 valence electrons. The first-order valence-corrected chi connectivity index (χ1v) is 8.52. The van der Waals surface area contributed by atoms with Crippen molar-refractivity contribution < 1.29 is 14.5 Å². The number of amides is 1. The Labute approximate surface area is 152 Å². The summed E-state index contributed by atoms with van der Waals surface area (Å²) in [6, 6.07) is 13.5. The second kappa shape index (κ2) is 8.84. The number of anilines is 2. The van der Waals surface area contributed by atoms with Gasteiger partial charge in [0.15, 0.2) is 11.9 Å². The van der Waals surface area contributed by atoms with E-state index in [1.165, 1.54) is 12.1 Å². The van der Waals surface area contributed by atoms with Crippen molar-refractivity contribution >= 4 is 23.0 Å². The second-order valence-electron chi connectivity index (χ2n) is 5.69. The number of rotatable bonds is 8. The number of para-hydroxylation sites is 2. The van der Waals surface area contributed by atoms with Gasteiger partial charge in [-0.2, -0.15) is 0 Å². The molecule has 26 heavy (non-hydrogen) atoms. The van der Waals surface area contributed by atoms with Crippen LogP contribution in [0, 0.1) is 10.1 Å². The lowest BCUT2D eigenvalue weighted by atomic mass is 10.2. The molecule has 0 radical (unpaired) electrons. The summed E-state index contributed by atoms with van der Waals surface area (Å²) in [6.07, 6.45) is -0.876. The van der Waals surface area contributed by atoms with Crippen LogP contribution in [0.5, 0.6) is 5.75 Å². The molecule has 1 N–H and O–H groups in total. The van der Waals surface area contributed by atoms with Gasteiger partial charge in [-0.25, -0.2) is 0 Å². The summed E-state index contributed by atoms with van der Waals surface area (Å²) in [4.78, 5) is 25.0. The number of nitro groups is 1. The van der Waals surface area contributed by atoms with E-state index >= 15 is 0 Å². The number of nitrogens with zero attached hydrogens (tertiary/aromatic N) is 2. The summed E-state index contributed by atoms with van der Waals surface area (Å²) in [5, 5.41) is 13.8. The molecule has 0 unspecified atom stereocenters. The average molecular weight is 357 g/mol. The number of carbonyl (C=O) groups is 1. The fraction of sp³-hybridized carbons (Fsp3) is 0.316. The second-order valence-corrected chi connectivity index (χ2v) is 5.69. The molecule has 0 aliphatic heterocycles. The zero-order chi connectivity index (χ0) is 19.1. The summed E-state index contributed by atoms with van der Waals surface area (Å²) < 4.78 is 5.48. The van der Waals surface area contributed by atoms with Crippen LogP contribution in [0.4, 0.5) is 17.1 Å².